The molecule has 2 heterocycles. The van der Waals surface area contributed by atoms with Gasteiger partial charge >= 0.3 is 0 Å². The first-order valence-electron chi connectivity index (χ1n) is 5.19. The molecule has 6 nitrogen and oxygen atoms in total. The summed E-state index contributed by atoms with van der Waals surface area (Å²) in [5, 5.41) is 12.2. The Balaban J connectivity index is 2.15. The summed E-state index contributed by atoms with van der Waals surface area (Å²) < 4.78 is 2.16. The zero-order valence-electron chi connectivity index (χ0n) is 8.83. The van der Waals surface area contributed by atoms with Crippen LogP contribution in [0.5, 0.6) is 0 Å². The van der Waals surface area contributed by atoms with Gasteiger partial charge in [-0.05, 0) is 0 Å². The Hall–Kier alpha value is -1.90. The highest BCUT2D eigenvalue weighted by molar-refractivity contribution is 14.1. The van der Waals surface area contributed by atoms with Gasteiger partial charge in [-0.3, -0.25) is 4.79 Å². The number of hydrogen-bond acceptors (Lipinski definition) is 5. The zero-order valence-corrected chi connectivity index (χ0v) is 11.0. The number of aromatic nitrogens is 5. The first kappa shape index (κ1) is 10.1. The smallest absolute Gasteiger partial charge is 0.273 e. The molecule has 1 aromatic carbocycles. The third-order valence-electron chi connectivity index (χ3n) is 2.86. The molecule has 0 aliphatic heterocycles. The van der Waals surface area contributed by atoms with E-state index < -0.39 is 0 Å². The topological polar surface area (TPSA) is 73.0 Å². The standard InChI is InChI=1S/C11H4IN5O/c12-10-14-15-11-13-8-7(16-17(10)11)5-3-1-2-4-6(5)9(8)18/h1-4H. The molecule has 3 aromatic rings. The van der Waals surface area contributed by atoms with Crippen molar-refractivity contribution in [2.75, 3.05) is 0 Å². The molecule has 4 rings (SSSR count). The normalized spacial score (nSPS) is 12.8. The second-order valence-corrected chi connectivity index (χ2v) is 4.83. The van der Waals surface area contributed by atoms with Gasteiger partial charge in [-0.15, -0.1) is 10.2 Å². The molecule has 0 N–H and O–H groups in total. The van der Waals surface area contributed by atoms with Crippen LogP contribution in [0, 0.1) is 3.83 Å². The molecule has 2 aromatic heterocycles. The lowest BCUT2D eigenvalue weighted by Gasteiger charge is -1.98. The molecule has 0 fully saturated rings. The van der Waals surface area contributed by atoms with Crippen molar-refractivity contribution in [3.8, 4) is 11.3 Å². The van der Waals surface area contributed by atoms with Crippen molar-refractivity contribution < 1.29 is 4.79 Å². The van der Waals surface area contributed by atoms with E-state index in [1.165, 1.54) is 4.52 Å². The molecule has 0 radical (unpaired) electrons. The van der Waals surface area contributed by atoms with E-state index in [1.54, 1.807) is 6.07 Å². The Labute approximate surface area is 114 Å². The minimum Gasteiger partial charge on any atom is -0.287 e. The highest BCUT2D eigenvalue weighted by Gasteiger charge is 2.30. The van der Waals surface area contributed by atoms with Gasteiger partial charge in [-0.2, -0.15) is 9.61 Å². The number of carbonyl (C=O) groups excluding carboxylic acids is 1. The predicted molar refractivity (Wildman–Crippen MR) is 70.2 cm³/mol. The molecular formula is C11H4IN5O. The van der Waals surface area contributed by atoms with E-state index in [1.807, 2.05) is 40.8 Å². The average Bonchev–Trinajstić information content (AvgIpc) is 2.90. The molecule has 1 aliphatic carbocycles. The Morgan fingerprint density at radius 2 is 1.83 bits per heavy atom. The maximum atomic E-state index is 12.2. The lowest BCUT2D eigenvalue weighted by molar-refractivity contribution is 0.103. The maximum absolute atomic E-state index is 12.2. The SMILES string of the molecule is O=C1c2ccccc2-c2nn3c(I)nnc3nc21. The molecule has 0 bridgehead atoms. The number of rotatable bonds is 0. The van der Waals surface area contributed by atoms with Gasteiger partial charge < -0.3 is 0 Å². The van der Waals surface area contributed by atoms with E-state index in [9.17, 15) is 4.79 Å². The van der Waals surface area contributed by atoms with Gasteiger partial charge in [0, 0.05) is 33.7 Å². The molecule has 0 spiro atoms. The average molecular weight is 349 g/mol. The van der Waals surface area contributed by atoms with Gasteiger partial charge in [0.2, 0.25) is 9.61 Å². The van der Waals surface area contributed by atoms with Crippen molar-refractivity contribution in [2.24, 2.45) is 0 Å². The van der Waals surface area contributed by atoms with E-state index in [2.05, 4.69) is 20.3 Å². The molecule has 1 aliphatic rings. The Morgan fingerprint density at radius 3 is 2.67 bits per heavy atom. The molecule has 0 unspecified atom stereocenters. The lowest BCUT2D eigenvalue weighted by Crippen LogP contribution is -2.04. The summed E-state index contributed by atoms with van der Waals surface area (Å²) >= 11 is 2.03. The molecule has 0 saturated heterocycles. The number of carbonyl (C=O) groups is 1. The van der Waals surface area contributed by atoms with E-state index in [-0.39, 0.29) is 5.78 Å². The van der Waals surface area contributed by atoms with Gasteiger partial charge in [-0.25, -0.2) is 4.98 Å². The Bertz CT molecular complexity index is 825. The molecule has 0 saturated carbocycles. The van der Waals surface area contributed by atoms with Crippen molar-refractivity contribution in [3.63, 3.8) is 0 Å². The van der Waals surface area contributed by atoms with Crippen LogP contribution in [0.4, 0.5) is 0 Å². The summed E-state index contributed by atoms with van der Waals surface area (Å²) in [5.41, 5.74) is 2.41. The van der Waals surface area contributed by atoms with Crippen LogP contribution in [0.2, 0.25) is 0 Å². The minimum absolute atomic E-state index is 0.103. The molecule has 0 amide bonds. The van der Waals surface area contributed by atoms with Gasteiger partial charge in [-0.1, -0.05) is 24.3 Å². The fourth-order valence-corrected chi connectivity index (χ4v) is 2.50. The summed E-state index contributed by atoms with van der Waals surface area (Å²) in [6, 6.07) is 7.37. The third kappa shape index (κ3) is 1.14. The van der Waals surface area contributed by atoms with E-state index >= 15 is 0 Å². The number of hydrogen-bond donors (Lipinski definition) is 0. The fraction of sp³-hybridized carbons (Fsp3) is 0. The number of nitrogens with zero attached hydrogens (tertiary/aromatic N) is 5. The number of halogens is 1. The van der Waals surface area contributed by atoms with Crippen molar-refractivity contribution >= 4 is 34.2 Å². The first-order valence-corrected chi connectivity index (χ1v) is 6.26. The van der Waals surface area contributed by atoms with Gasteiger partial charge in [0.1, 0.15) is 11.4 Å². The van der Waals surface area contributed by atoms with Gasteiger partial charge in [0.15, 0.2) is 0 Å². The molecule has 18 heavy (non-hydrogen) atoms. The summed E-state index contributed by atoms with van der Waals surface area (Å²) in [4.78, 5) is 16.4. The van der Waals surface area contributed by atoms with Crippen LogP contribution in [0.15, 0.2) is 24.3 Å². The van der Waals surface area contributed by atoms with Crippen molar-refractivity contribution in [1.29, 1.82) is 0 Å². The quantitative estimate of drug-likeness (QED) is 0.448. The van der Waals surface area contributed by atoms with Crippen molar-refractivity contribution in [3.05, 3.63) is 39.4 Å². The molecule has 7 heteroatoms. The summed E-state index contributed by atoms with van der Waals surface area (Å²) in [7, 11) is 0. The highest BCUT2D eigenvalue weighted by Crippen LogP contribution is 2.33. The minimum atomic E-state index is -0.103. The number of fused-ring (bicyclic) bond motifs is 4. The first-order chi connectivity index (χ1) is 8.75. The fourth-order valence-electron chi connectivity index (χ4n) is 2.06. The second kappa shape index (κ2) is 3.31. The van der Waals surface area contributed by atoms with Gasteiger partial charge in [0.25, 0.3) is 5.78 Å². The van der Waals surface area contributed by atoms with Crippen LogP contribution in [0.1, 0.15) is 16.1 Å². The largest absolute Gasteiger partial charge is 0.287 e. The van der Waals surface area contributed by atoms with Crippen LogP contribution in [0.3, 0.4) is 0 Å². The summed E-state index contributed by atoms with van der Waals surface area (Å²) in [6.07, 6.45) is 0. The van der Waals surface area contributed by atoms with Crippen LogP contribution < -0.4 is 0 Å². The maximum Gasteiger partial charge on any atom is 0.273 e. The van der Waals surface area contributed by atoms with E-state index in [0.717, 1.165) is 5.56 Å². The predicted octanol–water partition coefficient (Wildman–Crippen LogP) is 1.34. The summed E-state index contributed by atoms with van der Waals surface area (Å²) in [6.45, 7) is 0. The van der Waals surface area contributed by atoms with Crippen molar-refractivity contribution in [1.82, 2.24) is 24.8 Å². The third-order valence-corrected chi connectivity index (χ3v) is 3.54. The lowest BCUT2D eigenvalue weighted by atomic mass is 10.1. The van der Waals surface area contributed by atoms with Crippen LogP contribution in [-0.4, -0.2) is 30.6 Å². The Kier molecular flexibility index (Phi) is 1.85. The monoisotopic (exact) mass is 349 g/mol. The van der Waals surface area contributed by atoms with Crippen LogP contribution in [-0.2, 0) is 0 Å². The highest BCUT2D eigenvalue weighted by atomic mass is 127. The van der Waals surface area contributed by atoms with Crippen LogP contribution in [0.25, 0.3) is 17.0 Å². The number of benzene rings is 1. The molecule has 86 valence electrons. The van der Waals surface area contributed by atoms with Crippen LogP contribution >= 0.6 is 22.6 Å². The zero-order chi connectivity index (χ0) is 12.3. The molecular weight excluding hydrogens is 345 g/mol. The van der Waals surface area contributed by atoms with Crippen molar-refractivity contribution in [2.45, 2.75) is 0 Å². The second-order valence-electron chi connectivity index (χ2n) is 3.86. The van der Waals surface area contributed by atoms with E-state index in [4.69, 9.17) is 0 Å². The number of ketones is 1. The molecule has 0 atom stereocenters. The summed E-state index contributed by atoms with van der Waals surface area (Å²) in [5.74, 6) is 0.243. The Morgan fingerprint density at radius 1 is 1.06 bits per heavy atom. The van der Waals surface area contributed by atoms with Gasteiger partial charge in [0.05, 0.1) is 0 Å². The van der Waals surface area contributed by atoms with E-state index in [0.29, 0.717) is 26.6 Å².